The smallest absolute Gasteiger partial charge is 0.160 e. The van der Waals surface area contributed by atoms with Crippen LogP contribution in [-0.4, -0.2) is 19.7 Å². The molecule has 4 rings (SSSR count). The maximum atomic E-state index is 4.87. The lowest BCUT2D eigenvalue weighted by atomic mass is 9.86. The van der Waals surface area contributed by atoms with Gasteiger partial charge < -0.3 is 5.10 Å². The summed E-state index contributed by atoms with van der Waals surface area (Å²) in [5, 5.41) is 5.70. The van der Waals surface area contributed by atoms with Gasteiger partial charge in [0, 0.05) is 36.1 Å². The van der Waals surface area contributed by atoms with Crippen LogP contribution < -0.4 is 0 Å². The minimum absolute atomic E-state index is 0.597. The summed E-state index contributed by atoms with van der Waals surface area (Å²) >= 11 is 0. The highest BCUT2D eigenvalue weighted by Gasteiger charge is 2.22. The number of nitrogens with one attached hydrogen (secondary N) is 1. The summed E-state index contributed by atoms with van der Waals surface area (Å²) in [5.74, 6) is 0.597. The molecule has 3 heterocycles. The van der Waals surface area contributed by atoms with E-state index >= 15 is 0 Å². The fourth-order valence-electron chi connectivity index (χ4n) is 3.44. The van der Waals surface area contributed by atoms with Gasteiger partial charge in [0.25, 0.3) is 0 Å². The Bertz CT molecular complexity index is 731. The summed E-state index contributed by atoms with van der Waals surface area (Å²) in [7, 11) is 2.07. The van der Waals surface area contributed by atoms with Gasteiger partial charge in [-0.3, -0.25) is 4.68 Å². The number of fused-ring (bicyclic) bond motifs is 3. The molecule has 1 N–H and O–H groups in total. The normalized spacial score (nSPS) is 17.5. The second-order valence-corrected chi connectivity index (χ2v) is 5.61. The average molecular weight is 254 g/mol. The highest BCUT2D eigenvalue weighted by molar-refractivity contribution is 6.04. The number of aryl methyl sites for hydroxylation is 1. The number of aromatic amines is 1. The Kier molecular flexibility index (Phi) is 2.37. The van der Waals surface area contributed by atoms with Crippen LogP contribution in [0.1, 0.15) is 43.7 Å². The van der Waals surface area contributed by atoms with E-state index in [-0.39, 0.29) is 0 Å². The Labute approximate surface area is 111 Å². The third kappa shape index (κ3) is 1.59. The summed E-state index contributed by atoms with van der Waals surface area (Å²) in [5.41, 5.74) is 3.39. The van der Waals surface area contributed by atoms with Crippen LogP contribution in [0, 0.1) is 0 Å². The Hall–Kier alpha value is -1.84. The van der Waals surface area contributed by atoms with E-state index in [9.17, 15) is 0 Å². The highest BCUT2D eigenvalue weighted by Crippen LogP contribution is 2.37. The Morgan fingerprint density at radius 2 is 2.05 bits per heavy atom. The van der Waals surface area contributed by atoms with Crippen molar-refractivity contribution in [2.45, 2.75) is 38.0 Å². The van der Waals surface area contributed by atoms with E-state index in [4.69, 9.17) is 4.98 Å². The third-order valence-corrected chi connectivity index (χ3v) is 4.42. The topological polar surface area (TPSA) is 46.5 Å². The number of pyridine rings is 1. The molecule has 0 amide bonds. The number of rotatable bonds is 1. The third-order valence-electron chi connectivity index (χ3n) is 4.42. The van der Waals surface area contributed by atoms with E-state index < -0.39 is 0 Å². The molecule has 1 fully saturated rings. The molecule has 1 aliphatic carbocycles. The average Bonchev–Trinajstić information content (AvgIpc) is 3.05. The van der Waals surface area contributed by atoms with Crippen LogP contribution in [0.5, 0.6) is 0 Å². The summed E-state index contributed by atoms with van der Waals surface area (Å²) in [6, 6.07) is 2.06. The maximum Gasteiger partial charge on any atom is 0.160 e. The van der Waals surface area contributed by atoms with Crippen LogP contribution in [0.15, 0.2) is 18.5 Å². The highest BCUT2D eigenvalue weighted by atomic mass is 15.3. The van der Waals surface area contributed by atoms with Gasteiger partial charge in [0.2, 0.25) is 0 Å². The van der Waals surface area contributed by atoms with Gasteiger partial charge in [-0.25, -0.2) is 9.97 Å². The van der Waals surface area contributed by atoms with Crippen molar-refractivity contribution in [2.75, 3.05) is 0 Å². The Morgan fingerprint density at radius 1 is 1.21 bits per heavy atom. The predicted octanol–water partition coefficient (Wildman–Crippen LogP) is 3.50. The van der Waals surface area contributed by atoms with E-state index in [2.05, 4.69) is 34.1 Å². The molecule has 0 unspecified atom stereocenters. The van der Waals surface area contributed by atoms with E-state index in [1.54, 1.807) is 0 Å². The predicted molar refractivity (Wildman–Crippen MR) is 76.2 cm³/mol. The second-order valence-electron chi connectivity index (χ2n) is 5.61. The molecule has 3 aromatic rings. The fraction of sp³-hybridized carbons (Fsp3) is 0.467. The van der Waals surface area contributed by atoms with Crippen LogP contribution in [0.4, 0.5) is 0 Å². The zero-order valence-electron chi connectivity index (χ0n) is 11.2. The second kappa shape index (κ2) is 4.08. The molecule has 0 saturated heterocycles. The summed E-state index contributed by atoms with van der Waals surface area (Å²) in [6.07, 6.45) is 10.5. The van der Waals surface area contributed by atoms with Gasteiger partial charge in [-0.15, -0.1) is 0 Å². The molecule has 0 radical (unpaired) electrons. The van der Waals surface area contributed by atoms with Crippen LogP contribution in [0.2, 0.25) is 0 Å². The lowest BCUT2D eigenvalue weighted by Crippen LogP contribution is -2.09. The summed E-state index contributed by atoms with van der Waals surface area (Å²) < 4.78 is 2.10. The number of hydrogen-bond acceptors (Lipinski definition) is 2. The largest absolute Gasteiger partial charge is 0.305 e. The van der Waals surface area contributed by atoms with E-state index in [1.807, 2.05) is 6.20 Å². The van der Waals surface area contributed by atoms with Crippen molar-refractivity contribution in [1.29, 1.82) is 0 Å². The van der Waals surface area contributed by atoms with Crippen molar-refractivity contribution in [2.24, 2.45) is 7.05 Å². The van der Waals surface area contributed by atoms with Gasteiger partial charge >= 0.3 is 0 Å². The minimum Gasteiger partial charge on any atom is -0.305 e. The molecule has 0 aliphatic heterocycles. The molecule has 0 bridgehead atoms. The van der Waals surface area contributed by atoms with Gasteiger partial charge in [-0.2, -0.15) is 0 Å². The first-order valence-electron chi connectivity index (χ1n) is 7.13. The molecule has 1 saturated carbocycles. The van der Waals surface area contributed by atoms with E-state index in [1.165, 1.54) is 48.7 Å². The van der Waals surface area contributed by atoms with Gasteiger partial charge in [-0.05, 0) is 18.9 Å². The van der Waals surface area contributed by atoms with Gasteiger partial charge in [0.1, 0.15) is 0 Å². The van der Waals surface area contributed by atoms with E-state index in [0.717, 1.165) is 11.0 Å². The van der Waals surface area contributed by atoms with Crippen LogP contribution >= 0.6 is 0 Å². The van der Waals surface area contributed by atoms with Crippen molar-refractivity contribution in [3.8, 4) is 0 Å². The summed E-state index contributed by atoms with van der Waals surface area (Å²) in [4.78, 5) is 9.27. The Morgan fingerprint density at radius 3 is 2.89 bits per heavy atom. The van der Waals surface area contributed by atoms with Crippen molar-refractivity contribution in [3.05, 3.63) is 24.2 Å². The first-order chi connectivity index (χ1) is 9.34. The molecule has 4 heteroatoms. The van der Waals surface area contributed by atoms with Gasteiger partial charge in [0.05, 0.1) is 11.2 Å². The summed E-state index contributed by atoms with van der Waals surface area (Å²) in [6.45, 7) is 0. The monoisotopic (exact) mass is 254 g/mol. The minimum atomic E-state index is 0.597. The first-order valence-corrected chi connectivity index (χ1v) is 7.13. The Balaban J connectivity index is 2.02. The van der Waals surface area contributed by atoms with Crippen molar-refractivity contribution in [1.82, 2.24) is 19.7 Å². The van der Waals surface area contributed by atoms with Crippen LogP contribution in [-0.2, 0) is 7.05 Å². The zero-order chi connectivity index (χ0) is 12.8. The first kappa shape index (κ1) is 11.0. The fourth-order valence-corrected chi connectivity index (χ4v) is 3.44. The number of hydrogen-bond donors (Lipinski definition) is 1. The van der Waals surface area contributed by atoms with Gasteiger partial charge in [-0.1, -0.05) is 19.3 Å². The number of aromatic nitrogens is 4. The molecular formula is C15H18N4. The molecule has 1 aliphatic rings. The molecule has 0 atom stereocenters. The van der Waals surface area contributed by atoms with Crippen LogP contribution in [0.3, 0.4) is 0 Å². The quantitative estimate of drug-likeness (QED) is 0.722. The van der Waals surface area contributed by atoms with E-state index in [0.29, 0.717) is 5.92 Å². The maximum absolute atomic E-state index is 4.87. The van der Waals surface area contributed by atoms with Crippen molar-refractivity contribution >= 4 is 21.9 Å². The van der Waals surface area contributed by atoms with Crippen molar-refractivity contribution < 1.29 is 0 Å². The standard InChI is InChI=1S/C15H18N4/c1-19-14-12(9-17-19)11-7-8-16-15(11)18-13(14)10-5-3-2-4-6-10/h7-10,17H,2-6H2,1H3. The van der Waals surface area contributed by atoms with Crippen molar-refractivity contribution in [3.63, 3.8) is 0 Å². The van der Waals surface area contributed by atoms with Crippen LogP contribution in [0.25, 0.3) is 21.9 Å². The SMILES string of the molecule is Cn1[nH]cc2c3ccnc3nc(C3CCCCC3)c21. The molecule has 3 aromatic heterocycles. The number of H-pyrrole nitrogens is 1. The lowest BCUT2D eigenvalue weighted by molar-refractivity contribution is 0.438. The molecule has 4 nitrogen and oxygen atoms in total. The zero-order valence-corrected chi connectivity index (χ0v) is 11.2. The molecule has 98 valence electrons. The molecule has 0 spiro atoms. The molecule has 19 heavy (non-hydrogen) atoms. The number of nitrogens with zero attached hydrogens (tertiary/aromatic N) is 3. The lowest BCUT2D eigenvalue weighted by Gasteiger charge is -2.22. The molecular weight excluding hydrogens is 236 g/mol. The molecule has 0 aromatic carbocycles. The van der Waals surface area contributed by atoms with Gasteiger partial charge in [0.15, 0.2) is 5.65 Å².